The van der Waals surface area contributed by atoms with E-state index in [1.54, 1.807) is 13.4 Å². The summed E-state index contributed by atoms with van der Waals surface area (Å²) in [5.41, 5.74) is 2.32. The highest BCUT2D eigenvalue weighted by Gasteiger charge is 2.08. The van der Waals surface area contributed by atoms with Gasteiger partial charge < -0.3 is 19.9 Å². The average molecular weight is 387 g/mol. The summed E-state index contributed by atoms with van der Waals surface area (Å²) in [6.45, 7) is 11.4. The SMILES string of the molecule is CCn1cnnc1CNC(=NC)NCc1ccc(C)cc1OCCCC(C)C. The largest absolute Gasteiger partial charge is 0.493 e. The number of ether oxygens (including phenoxy) is 1. The van der Waals surface area contributed by atoms with Crippen LogP contribution in [0.15, 0.2) is 29.5 Å². The topological polar surface area (TPSA) is 76.4 Å². The minimum absolute atomic E-state index is 0.569. The maximum atomic E-state index is 6.06. The van der Waals surface area contributed by atoms with Crippen LogP contribution in [0.2, 0.25) is 0 Å². The van der Waals surface area contributed by atoms with Crippen molar-refractivity contribution in [3.8, 4) is 5.75 Å². The molecule has 0 atom stereocenters. The molecular weight excluding hydrogens is 352 g/mol. The third kappa shape index (κ3) is 6.87. The number of hydrogen-bond donors (Lipinski definition) is 2. The molecule has 0 aliphatic rings. The third-order valence-corrected chi connectivity index (χ3v) is 4.53. The molecule has 2 aromatic rings. The van der Waals surface area contributed by atoms with E-state index >= 15 is 0 Å². The molecular formula is C21H34N6O. The summed E-state index contributed by atoms with van der Waals surface area (Å²) in [7, 11) is 1.76. The van der Waals surface area contributed by atoms with Gasteiger partial charge in [0.25, 0.3) is 0 Å². The van der Waals surface area contributed by atoms with Crippen LogP contribution in [0.4, 0.5) is 0 Å². The minimum atomic E-state index is 0.569. The van der Waals surface area contributed by atoms with Gasteiger partial charge in [-0.15, -0.1) is 10.2 Å². The zero-order chi connectivity index (χ0) is 20.4. The van der Waals surface area contributed by atoms with Crippen molar-refractivity contribution in [2.75, 3.05) is 13.7 Å². The highest BCUT2D eigenvalue weighted by molar-refractivity contribution is 5.79. The first-order valence-corrected chi connectivity index (χ1v) is 10.1. The van der Waals surface area contributed by atoms with Gasteiger partial charge in [0, 0.05) is 25.7 Å². The van der Waals surface area contributed by atoms with Gasteiger partial charge in [0.15, 0.2) is 11.8 Å². The molecule has 1 heterocycles. The van der Waals surface area contributed by atoms with Crippen molar-refractivity contribution in [2.45, 2.75) is 60.2 Å². The van der Waals surface area contributed by atoms with Crippen molar-refractivity contribution in [3.63, 3.8) is 0 Å². The number of rotatable bonds is 10. The van der Waals surface area contributed by atoms with Gasteiger partial charge in [0.1, 0.15) is 12.1 Å². The molecule has 1 aromatic carbocycles. The molecule has 0 spiro atoms. The van der Waals surface area contributed by atoms with Gasteiger partial charge >= 0.3 is 0 Å². The van der Waals surface area contributed by atoms with E-state index in [9.17, 15) is 0 Å². The maximum absolute atomic E-state index is 6.06. The molecule has 0 saturated heterocycles. The van der Waals surface area contributed by atoms with E-state index < -0.39 is 0 Å². The number of aromatic nitrogens is 3. The number of nitrogens with one attached hydrogen (secondary N) is 2. The van der Waals surface area contributed by atoms with Gasteiger partial charge in [0.05, 0.1) is 13.2 Å². The number of benzene rings is 1. The van der Waals surface area contributed by atoms with Crippen LogP contribution in [-0.4, -0.2) is 34.4 Å². The van der Waals surface area contributed by atoms with Crippen LogP contribution >= 0.6 is 0 Å². The van der Waals surface area contributed by atoms with E-state index in [1.807, 2.05) is 4.57 Å². The van der Waals surface area contributed by atoms with Gasteiger partial charge in [-0.2, -0.15) is 0 Å². The molecule has 2 N–H and O–H groups in total. The van der Waals surface area contributed by atoms with Crippen LogP contribution in [-0.2, 0) is 19.6 Å². The summed E-state index contributed by atoms with van der Waals surface area (Å²) >= 11 is 0. The van der Waals surface area contributed by atoms with E-state index in [0.29, 0.717) is 19.0 Å². The number of guanidine groups is 1. The Balaban J connectivity index is 1.90. The molecule has 0 bridgehead atoms. The number of hydrogen-bond acceptors (Lipinski definition) is 4. The van der Waals surface area contributed by atoms with E-state index in [4.69, 9.17) is 4.74 Å². The number of nitrogens with zero attached hydrogens (tertiary/aromatic N) is 4. The van der Waals surface area contributed by atoms with Crippen molar-refractivity contribution in [1.82, 2.24) is 25.4 Å². The van der Waals surface area contributed by atoms with Gasteiger partial charge in [-0.05, 0) is 44.2 Å². The normalized spacial score (nSPS) is 11.7. The molecule has 28 heavy (non-hydrogen) atoms. The van der Waals surface area contributed by atoms with Crippen LogP contribution < -0.4 is 15.4 Å². The van der Waals surface area contributed by atoms with Crippen LogP contribution in [0.3, 0.4) is 0 Å². The predicted octanol–water partition coefficient (Wildman–Crippen LogP) is 3.29. The quantitative estimate of drug-likeness (QED) is 0.372. The van der Waals surface area contributed by atoms with E-state index in [-0.39, 0.29) is 0 Å². The van der Waals surface area contributed by atoms with Crippen LogP contribution in [0, 0.1) is 12.8 Å². The van der Waals surface area contributed by atoms with Gasteiger partial charge in [-0.25, -0.2) is 0 Å². The fourth-order valence-corrected chi connectivity index (χ4v) is 2.86. The van der Waals surface area contributed by atoms with Crippen molar-refractivity contribution in [2.24, 2.45) is 10.9 Å². The van der Waals surface area contributed by atoms with Crippen molar-refractivity contribution < 1.29 is 4.74 Å². The monoisotopic (exact) mass is 386 g/mol. The molecule has 2 rings (SSSR count). The average Bonchev–Trinajstić information content (AvgIpc) is 3.14. The Morgan fingerprint density at radius 2 is 2.04 bits per heavy atom. The van der Waals surface area contributed by atoms with Crippen LogP contribution in [0.1, 0.15) is 50.6 Å². The van der Waals surface area contributed by atoms with Gasteiger partial charge in [-0.1, -0.05) is 26.0 Å². The summed E-state index contributed by atoms with van der Waals surface area (Å²) in [6, 6.07) is 6.32. The second-order valence-electron chi connectivity index (χ2n) is 7.31. The Morgan fingerprint density at radius 1 is 1.25 bits per heavy atom. The molecule has 1 aromatic heterocycles. The molecule has 0 aliphatic carbocycles. The maximum Gasteiger partial charge on any atom is 0.191 e. The Morgan fingerprint density at radius 3 is 2.75 bits per heavy atom. The molecule has 0 aliphatic heterocycles. The molecule has 0 unspecified atom stereocenters. The highest BCUT2D eigenvalue weighted by atomic mass is 16.5. The second-order valence-corrected chi connectivity index (χ2v) is 7.31. The second kappa shape index (κ2) is 11.3. The Labute approximate surface area is 168 Å². The standard InChI is InChI=1S/C21H34N6O/c1-6-27-15-25-26-20(27)14-24-21(22-5)23-13-18-10-9-17(4)12-19(18)28-11-7-8-16(2)3/h9-10,12,15-16H,6-8,11,13-14H2,1-5H3,(H2,22,23,24). The van der Waals surface area contributed by atoms with E-state index in [1.165, 1.54) is 12.0 Å². The molecule has 0 fully saturated rings. The number of aryl methyl sites for hydroxylation is 2. The van der Waals surface area contributed by atoms with E-state index in [0.717, 1.165) is 42.7 Å². The van der Waals surface area contributed by atoms with Crippen molar-refractivity contribution in [1.29, 1.82) is 0 Å². The van der Waals surface area contributed by atoms with Crippen molar-refractivity contribution in [3.05, 3.63) is 41.5 Å². The lowest BCUT2D eigenvalue weighted by Crippen LogP contribution is -2.37. The lowest BCUT2D eigenvalue weighted by Gasteiger charge is -2.16. The van der Waals surface area contributed by atoms with Crippen molar-refractivity contribution >= 4 is 5.96 Å². The molecule has 0 radical (unpaired) electrons. The molecule has 7 nitrogen and oxygen atoms in total. The smallest absolute Gasteiger partial charge is 0.191 e. The third-order valence-electron chi connectivity index (χ3n) is 4.53. The highest BCUT2D eigenvalue weighted by Crippen LogP contribution is 2.21. The van der Waals surface area contributed by atoms with E-state index in [2.05, 4.69) is 71.7 Å². The predicted molar refractivity (Wildman–Crippen MR) is 113 cm³/mol. The van der Waals surface area contributed by atoms with Gasteiger partial charge in [0.2, 0.25) is 0 Å². The first kappa shape index (κ1) is 21.7. The first-order valence-electron chi connectivity index (χ1n) is 10.1. The first-order chi connectivity index (χ1) is 13.5. The lowest BCUT2D eigenvalue weighted by molar-refractivity contribution is 0.294. The Bertz CT molecular complexity index is 753. The fraction of sp³-hybridized carbons (Fsp3) is 0.571. The van der Waals surface area contributed by atoms with Crippen LogP contribution in [0.25, 0.3) is 0 Å². The summed E-state index contributed by atoms with van der Waals surface area (Å²) in [5.74, 6) is 3.25. The summed E-state index contributed by atoms with van der Waals surface area (Å²) in [4.78, 5) is 4.30. The molecule has 154 valence electrons. The Hall–Kier alpha value is -2.57. The fourth-order valence-electron chi connectivity index (χ4n) is 2.86. The summed E-state index contributed by atoms with van der Waals surface area (Å²) in [5, 5.41) is 14.7. The zero-order valence-electron chi connectivity index (χ0n) is 17.8. The molecule has 0 amide bonds. The van der Waals surface area contributed by atoms with Crippen LogP contribution in [0.5, 0.6) is 5.75 Å². The zero-order valence-corrected chi connectivity index (χ0v) is 17.8. The van der Waals surface area contributed by atoms with Gasteiger partial charge in [-0.3, -0.25) is 4.99 Å². The molecule has 0 saturated carbocycles. The summed E-state index contributed by atoms with van der Waals surface area (Å²) in [6.07, 6.45) is 3.99. The summed E-state index contributed by atoms with van der Waals surface area (Å²) < 4.78 is 8.06. The minimum Gasteiger partial charge on any atom is -0.493 e. The molecule has 7 heteroatoms. The Kier molecular flexibility index (Phi) is 8.78. The lowest BCUT2D eigenvalue weighted by atomic mass is 10.1. The number of aliphatic imine (C=N–C) groups is 1.